The first kappa shape index (κ1) is 15.9. The van der Waals surface area contributed by atoms with Gasteiger partial charge in [0.05, 0.1) is 0 Å². The summed E-state index contributed by atoms with van der Waals surface area (Å²) in [6, 6.07) is 9.34. The van der Waals surface area contributed by atoms with E-state index in [0.29, 0.717) is 18.0 Å². The Morgan fingerprint density at radius 2 is 1.60 bits per heavy atom. The van der Waals surface area contributed by atoms with Gasteiger partial charge < -0.3 is 5.32 Å². The molecular formula is C18H28ClN. The van der Waals surface area contributed by atoms with Crippen LogP contribution < -0.4 is 5.32 Å². The molecule has 1 aliphatic rings. The Bertz CT molecular complexity index is 392. The van der Waals surface area contributed by atoms with Crippen LogP contribution in [0.15, 0.2) is 24.3 Å². The van der Waals surface area contributed by atoms with E-state index >= 15 is 0 Å². The zero-order chi connectivity index (χ0) is 14.5. The molecule has 2 heteroatoms. The van der Waals surface area contributed by atoms with E-state index in [-0.39, 0.29) is 0 Å². The molecule has 1 nitrogen and oxygen atoms in total. The summed E-state index contributed by atoms with van der Waals surface area (Å²) in [6.45, 7) is 6.95. The Morgan fingerprint density at radius 1 is 1.00 bits per heavy atom. The summed E-state index contributed by atoms with van der Waals surface area (Å²) in [5.74, 6) is 1.43. The van der Waals surface area contributed by atoms with Crippen molar-refractivity contribution >= 4 is 11.6 Å². The Labute approximate surface area is 129 Å². The first-order chi connectivity index (χ1) is 9.58. The minimum atomic E-state index is 0.421. The van der Waals surface area contributed by atoms with Crippen molar-refractivity contribution < 1.29 is 0 Å². The monoisotopic (exact) mass is 293 g/mol. The second-order valence-electron chi connectivity index (χ2n) is 6.63. The molecule has 20 heavy (non-hydrogen) atoms. The third-order valence-electron chi connectivity index (χ3n) is 4.70. The van der Waals surface area contributed by atoms with Gasteiger partial charge in [0.15, 0.2) is 0 Å². The molecule has 0 spiro atoms. The lowest BCUT2D eigenvalue weighted by Crippen LogP contribution is -2.39. The van der Waals surface area contributed by atoms with Gasteiger partial charge in [0.25, 0.3) is 0 Å². The zero-order valence-electron chi connectivity index (χ0n) is 13.0. The summed E-state index contributed by atoms with van der Waals surface area (Å²) in [4.78, 5) is 0. The Kier molecular flexibility index (Phi) is 5.92. The summed E-state index contributed by atoms with van der Waals surface area (Å²) in [5, 5.41) is 4.70. The van der Waals surface area contributed by atoms with Crippen LogP contribution in [0.5, 0.6) is 0 Å². The van der Waals surface area contributed by atoms with E-state index in [2.05, 4.69) is 38.2 Å². The summed E-state index contributed by atoms with van der Waals surface area (Å²) >= 11 is 6.00. The van der Waals surface area contributed by atoms with Gasteiger partial charge in [-0.15, -0.1) is 0 Å². The Morgan fingerprint density at radius 3 is 2.15 bits per heavy atom. The van der Waals surface area contributed by atoms with E-state index in [1.54, 1.807) is 0 Å². The van der Waals surface area contributed by atoms with Gasteiger partial charge in [-0.1, -0.05) is 56.8 Å². The highest BCUT2D eigenvalue weighted by atomic mass is 35.5. The predicted molar refractivity (Wildman–Crippen MR) is 88.2 cm³/mol. The van der Waals surface area contributed by atoms with Crippen LogP contribution in [-0.4, -0.2) is 6.04 Å². The first-order valence-electron chi connectivity index (χ1n) is 8.09. The molecular weight excluding hydrogens is 266 g/mol. The van der Waals surface area contributed by atoms with Gasteiger partial charge in [-0.25, -0.2) is 0 Å². The van der Waals surface area contributed by atoms with Gasteiger partial charge in [-0.05, 0) is 49.3 Å². The number of hydrogen-bond acceptors (Lipinski definition) is 1. The highest BCUT2D eigenvalue weighted by Crippen LogP contribution is 2.30. The second kappa shape index (κ2) is 7.47. The van der Waals surface area contributed by atoms with Crippen LogP contribution in [0.4, 0.5) is 0 Å². The van der Waals surface area contributed by atoms with Gasteiger partial charge in [-0.3, -0.25) is 0 Å². The van der Waals surface area contributed by atoms with Crippen LogP contribution in [0.2, 0.25) is 5.02 Å². The average Bonchev–Trinajstić information content (AvgIpc) is 2.46. The molecule has 0 bridgehead atoms. The van der Waals surface area contributed by atoms with Crippen molar-refractivity contribution in [2.24, 2.45) is 11.8 Å². The van der Waals surface area contributed by atoms with E-state index in [0.717, 1.165) is 10.9 Å². The number of halogens is 1. The van der Waals surface area contributed by atoms with Crippen LogP contribution in [0.25, 0.3) is 0 Å². The van der Waals surface area contributed by atoms with Gasteiger partial charge in [0, 0.05) is 17.1 Å². The number of nitrogens with one attached hydrogen (secondary N) is 1. The topological polar surface area (TPSA) is 12.0 Å². The molecule has 1 saturated carbocycles. The molecule has 1 aliphatic carbocycles. The highest BCUT2D eigenvalue weighted by Gasteiger charge is 2.24. The molecule has 0 aromatic heterocycles. The number of rotatable bonds is 5. The maximum Gasteiger partial charge on any atom is 0.0406 e. The molecule has 0 aliphatic heterocycles. The van der Waals surface area contributed by atoms with Crippen LogP contribution in [0.1, 0.15) is 64.5 Å². The lowest BCUT2D eigenvalue weighted by molar-refractivity contribution is 0.246. The average molecular weight is 294 g/mol. The third-order valence-corrected chi connectivity index (χ3v) is 4.95. The minimum absolute atomic E-state index is 0.421. The van der Waals surface area contributed by atoms with Crippen molar-refractivity contribution in [2.75, 3.05) is 0 Å². The maximum atomic E-state index is 6.00. The quantitative estimate of drug-likeness (QED) is 0.745. The lowest BCUT2D eigenvalue weighted by atomic mass is 9.83. The first-order valence-corrected chi connectivity index (χ1v) is 8.47. The number of benzene rings is 1. The molecule has 0 radical (unpaired) electrons. The van der Waals surface area contributed by atoms with Crippen LogP contribution in [-0.2, 0) is 0 Å². The summed E-state index contributed by atoms with van der Waals surface area (Å²) in [7, 11) is 0. The van der Waals surface area contributed by atoms with E-state index in [1.165, 1.54) is 37.7 Å². The molecule has 0 heterocycles. The Hall–Kier alpha value is -0.530. The standard InChI is InChI=1S/C18H28ClN/c1-13(2)18(16-9-11-17(19)12-10-16)20-14(3)15-7-5-4-6-8-15/h9-15,18,20H,4-8H2,1-3H3. The van der Waals surface area contributed by atoms with Crippen molar-refractivity contribution in [3.8, 4) is 0 Å². The highest BCUT2D eigenvalue weighted by molar-refractivity contribution is 6.30. The Balaban J connectivity index is 2.03. The number of hydrogen-bond donors (Lipinski definition) is 1. The van der Waals surface area contributed by atoms with Crippen molar-refractivity contribution in [3.63, 3.8) is 0 Å². The van der Waals surface area contributed by atoms with Crippen molar-refractivity contribution in [1.29, 1.82) is 0 Å². The molecule has 1 aromatic rings. The zero-order valence-corrected chi connectivity index (χ0v) is 13.8. The predicted octanol–water partition coefficient (Wildman–Crippen LogP) is 5.60. The summed E-state index contributed by atoms with van der Waals surface area (Å²) < 4.78 is 0. The van der Waals surface area contributed by atoms with Crippen molar-refractivity contribution in [2.45, 2.75) is 65.0 Å². The maximum absolute atomic E-state index is 6.00. The van der Waals surface area contributed by atoms with Gasteiger partial charge in [0.2, 0.25) is 0 Å². The fourth-order valence-corrected chi connectivity index (χ4v) is 3.52. The second-order valence-corrected chi connectivity index (χ2v) is 7.06. The smallest absolute Gasteiger partial charge is 0.0406 e. The SMILES string of the molecule is CC(C)C(NC(C)C1CCCCC1)c1ccc(Cl)cc1. The van der Waals surface area contributed by atoms with Crippen molar-refractivity contribution in [3.05, 3.63) is 34.9 Å². The third kappa shape index (κ3) is 4.23. The van der Waals surface area contributed by atoms with E-state index < -0.39 is 0 Å². The van der Waals surface area contributed by atoms with Crippen LogP contribution in [0.3, 0.4) is 0 Å². The van der Waals surface area contributed by atoms with Gasteiger partial charge in [-0.2, -0.15) is 0 Å². The fraction of sp³-hybridized carbons (Fsp3) is 0.667. The molecule has 0 saturated heterocycles. The summed E-state index contributed by atoms with van der Waals surface area (Å²) in [6.07, 6.45) is 7.02. The molecule has 1 N–H and O–H groups in total. The normalized spacial score (nSPS) is 20.1. The molecule has 2 atom stereocenters. The fourth-order valence-electron chi connectivity index (χ4n) is 3.40. The van der Waals surface area contributed by atoms with Crippen LogP contribution >= 0.6 is 11.6 Å². The van der Waals surface area contributed by atoms with E-state index in [4.69, 9.17) is 11.6 Å². The minimum Gasteiger partial charge on any atom is -0.307 e. The van der Waals surface area contributed by atoms with Gasteiger partial charge in [0.1, 0.15) is 0 Å². The lowest BCUT2D eigenvalue weighted by Gasteiger charge is -2.33. The molecule has 2 unspecified atom stereocenters. The van der Waals surface area contributed by atoms with Crippen molar-refractivity contribution in [1.82, 2.24) is 5.32 Å². The molecule has 112 valence electrons. The largest absolute Gasteiger partial charge is 0.307 e. The molecule has 0 amide bonds. The molecule has 1 fully saturated rings. The van der Waals surface area contributed by atoms with E-state index in [1.807, 2.05) is 12.1 Å². The van der Waals surface area contributed by atoms with Crippen LogP contribution in [0, 0.1) is 11.8 Å². The molecule has 2 rings (SSSR count). The van der Waals surface area contributed by atoms with E-state index in [9.17, 15) is 0 Å². The summed E-state index contributed by atoms with van der Waals surface area (Å²) in [5.41, 5.74) is 1.35. The molecule has 1 aromatic carbocycles. The van der Waals surface area contributed by atoms with Gasteiger partial charge >= 0.3 is 0 Å².